The van der Waals surface area contributed by atoms with Gasteiger partial charge in [-0.1, -0.05) is 6.07 Å². The Kier molecular flexibility index (Phi) is 5.37. The van der Waals surface area contributed by atoms with E-state index < -0.39 is 60.7 Å². The van der Waals surface area contributed by atoms with Gasteiger partial charge in [-0.25, -0.2) is 0 Å². The Balaban J connectivity index is 1.59. The molecule has 2 aliphatic rings. The van der Waals surface area contributed by atoms with Crippen molar-refractivity contribution in [3.8, 4) is 28.7 Å². The summed E-state index contributed by atoms with van der Waals surface area (Å²) in [4.78, 5) is 12.7. The SMILES string of the molecule is O=C1c2ccc(O[C@H]3O[C@@H](CO)[C@@H](O)[C@@H](O)[C@H]3O)c(O)c2O[C@H]1c1ccc(O)c(O)c1. The molecule has 0 aliphatic carbocycles. The van der Waals surface area contributed by atoms with Gasteiger partial charge >= 0.3 is 0 Å². The Morgan fingerprint density at radius 2 is 1.68 bits per heavy atom. The summed E-state index contributed by atoms with van der Waals surface area (Å²) in [6.45, 7) is -0.653. The van der Waals surface area contributed by atoms with Gasteiger partial charge in [0.25, 0.3) is 0 Å². The van der Waals surface area contributed by atoms with Crippen LogP contribution in [0.4, 0.5) is 0 Å². The Bertz CT molecular complexity index is 1000. The van der Waals surface area contributed by atoms with Crippen molar-refractivity contribution in [1.29, 1.82) is 0 Å². The summed E-state index contributed by atoms with van der Waals surface area (Å²) in [5.74, 6) is -2.34. The maximum atomic E-state index is 12.7. The van der Waals surface area contributed by atoms with Crippen molar-refractivity contribution in [2.45, 2.75) is 36.8 Å². The average molecular weight is 436 g/mol. The van der Waals surface area contributed by atoms with E-state index >= 15 is 0 Å². The second-order valence-electron chi connectivity index (χ2n) is 7.21. The highest BCUT2D eigenvalue weighted by molar-refractivity contribution is 6.06. The molecule has 7 N–H and O–H groups in total. The fourth-order valence-electron chi connectivity index (χ4n) is 3.49. The smallest absolute Gasteiger partial charge is 0.229 e. The molecule has 6 atom stereocenters. The number of phenols is 3. The van der Waals surface area contributed by atoms with Crippen molar-refractivity contribution >= 4 is 5.78 Å². The number of aliphatic hydroxyl groups is 4. The molecule has 0 saturated carbocycles. The normalized spacial score (nSPS) is 30.0. The van der Waals surface area contributed by atoms with Crippen LogP contribution >= 0.6 is 0 Å². The molecule has 0 bridgehead atoms. The van der Waals surface area contributed by atoms with Crippen LogP contribution in [0.1, 0.15) is 22.0 Å². The number of ether oxygens (including phenoxy) is 3. The number of rotatable bonds is 4. The zero-order valence-electron chi connectivity index (χ0n) is 15.8. The topological polar surface area (TPSA) is 186 Å². The summed E-state index contributed by atoms with van der Waals surface area (Å²) in [5, 5.41) is 68.7. The third-order valence-electron chi connectivity index (χ3n) is 5.23. The fraction of sp³-hybridized carbons (Fsp3) is 0.350. The lowest BCUT2D eigenvalue weighted by atomic mass is 9.99. The van der Waals surface area contributed by atoms with Crippen LogP contribution in [0.25, 0.3) is 0 Å². The molecule has 2 heterocycles. The number of Topliss-reactive ketones (excluding diaryl/α,β-unsaturated/α-hetero) is 1. The average Bonchev–Trinajstić information content (AvgIpc) is 3.09. The van der Waals surface area contributed by atoms with Gasteiger partial charge in [0, 0.05) is 5.56 Å². The molecule has 2 aromatic carbocycles. The van der Waals surface area contributed by atoms with E-state index in [1.807, 2.05) is 0 Å². The van der Waals surface area contributed by atoms with E-state index in [-0.39, 0.29) is 28.4 Å². The van der Waals surface area contributed by atoms with E-state index in [9.17, 15) is 40.5 Å². The predicted molar refractivity (Wildman–Crippen MR) is 100.0 cm³/mol. The fourth-order valence-corrected chi connectivity index (χ4v) is 3.49. The van der Waals surface area contributed by atoms with Gasteiger partial charge in [-0.2, -0.15) is 0 Å². The zero-order chi connectivity index (χ0) is 22.4. The maximum Gasteiger partial charge on any atom is 0.229 e. The Morgan fingerprint density at radius 1 is 0.935 bits per heavy atom. The van der Waals surface area contributed by atoms with E-state index in [2.05, 4.69) is 0 Å². The lowest BCUT2D eigenvalue weighted by Crippen LogP contribution is -2.60. The minimum Gasteiger partial charge on any atom is -0.504 e. The number of hydrogen-bond donors (Lipinski definition) is 7. The lowest BCUT2D eigenvalue weighted by molar-refractivity contribution is -0.277. The number of fused-ring (bicyclic) bond motifs is 1. The first kappa shape index (κ1) is 21.2. The number of aliphatic hydroxyl groups excluding tert-OH is 4. The summed E-state index contributed by atoms with van der Waals surface area (Å²) in [5.41, 5.74) is 0.281. The Hall–Kier alpha value is -3.09. The lowest BCUT2D eigenvalue weighted by Gasteiger charge is -2.39. The van der Waals surface area contributed by atoms with Crippen LogP contribution in [-0.4, -0.2) is 78.8 Å². The van der Waals surface area contributed by atoms with Gasteiger partial charge in [0.1, 0.15) is 24.4 Å². The Labute approximate surface area is 174 Å². The van der Waals surface area contributed by atoms with Crippen LogP contribution in [0.15, 0.2) is 30.3 Å². The monoisotopic (exact) mass is 436 g/mol. The van der Waals surface area contributed by atoms with Gasteiger partial charge in [-0.15, -0.1) is 0 Å². The van der Waals surface area contributed by atoms with Gasteiger partial charge in [0.15, 0.2) is 29.1 Å². The highest BCUT2D eigenvalue weighted by Crippen LogP contribution is 2.48. The summed E-state index contributed by atoms with van der Waals surface area (Å²) in [6, 6.07) is 6.28. The summed E-state index contributed by atoms with van der Waals surface area (Å²) in [6.07, 6.45) is -8.87. The van der Waals surface area contributed by atoms with Crippen LogP contribution in [0.3, 0.4) is 0 Å². The third-order valence-corrected chi connectivity index (χ3v) is 5.23. The molecular weight excluding hydrogens is 416 g/mol. The molecule has 11 heteroatoms. The molecule has 31 heavy (non-hydrogen) atoms. The van der Waals surface area contributed by atoms with Crippen LogP contribution in [0.2, 0.25) is 0 Å². The van der Waals surface area contributed by atoms with Crippen LogP contribution in [-0.2, 0) is 4.74 Å². The molecule has 4 rings (SSSR count). The number of phenolic OH excluding ortho intramolecular Hbond substituents is 3. The molecular formula is C20H20O11. The Morgan fingerprint density at radius 3 is 2.35 bits per heavy atom. The quantitative estimate of drug-likeness (QED) is 0.300. The van der Waals surface area contributed by atoms with Crippen molar-refractivity contribution in [3.63, 3.8) is 0 Å². The van der Waals surface area contributed by atoms with E-state index in [0.717, 1.165) is 6.07 Å². The number of carbonyl (C=O) groups excluding carboxylic acids is 1. The van der Waals surface area contributed by atoms with Crippen molar-refractivity contribution in [3.05, 3.63) is 41.5 Å². The second-order valence-corrected chi connectivity index (χ2v) is 7.21. The first-order chi connectivity index (χ1) is 14.7. The van der Waals surface area contributed by atoms with E-state index in [1.54, 1.807) is 0 Å². The summed E-state index contributed by atoms with van der Waals surface area (Å²) < 4.78 is 16.2. The summed E-state index contributed by atoms with van der Waals surface area (Å²) >= 11 is 0. The van der Waals surface area contributed by atoms with E-state index in [1.165, 1.54) is 24.3 Å². The van der Waals surface area contributed by atoms with Gasteiger partial charge < -0.3 is 50.0 Å². The number of hydrogen-bond acceptors (Lipinski definition) is 11. The standard InChI is InChI=1S/C20H20O11/c21-6-12-14(25)16(27)17(28)20(30-12)29-11-4-2-8-13(24)18(31-19(8)15(11)26)7-1-3-9(22)10(23)5-7/h1-5,12,14,16-18,20-23,25-28H,6H2/t12-,14+,16+,17+,18-,20-/m0/s1. The van der Waals surface area contributed by atoms with Crippen molar-refractivity contribution < 1.29 is 54.8 Å². The minimum absolute atomic E-state index is 0.0382. The minimum atomic E-state index is -1.69. The largest absolute Gasteiger partial charge is 0.504 e. The van der Waals surface area contributed by atoms with E-state index in [4.69, 9.17) is 14.2 Å². The summed E-state index contributed by atoms with van der Waals surface area (Å²) in [7, 11) is 0. The molecule has 2 aromatic rings. The number of aromatic hydroxyl groups is 3. The second kappa shape index (κ2) is 7.87. The molecule has 1 fully saturated rings. The van der Waals surface area contributed by atoms with Gasteiger partial charge in [0.05, 0.1) is 12.2 Å². The number of ketones is 1. The molecule has 0 unspecified atom stereocenters. The molecule has 0 radical (unpaired) electrons. The molecule has 166 valence electrons. The molecule has 1 saturated heterocycles. The van der Waals surface area contributed by atoms with Crippen LogP contribution < -0.4 is 9.47 Å². The highest BCUT2D eigenvalue weighted by atomic mass is 16.7. The molecule has 11 nitrogen and oxygen atoms in total. The first-order valence-electron chi connectivity index (χ1n) is 9.28. The van der Waals surface area contributed by atoms with E-state index in [0.29, 0.717) is 0 Å². The van der Waals surface area contributed by atoms with Crippen molar-refractivity contribution in [2.75, 3.05) is 6.61 Å². The van der Waals surface area contributed by atoms with Gasteiger partial charge in [-0.3, -0.25) is 4.79 Å². The zero-order valence-corrected chi connectivity index (χ0v) is 15.8. The maximum absolute atomic E-state index is 12.7. The third kappa shape index (κ3) is 3.52. The number of carbonyl (C=O) groups is 1. The highest BCUT2D eigenvalue weighted by Gasteiger charge is 2.45. The first-order valence-corrected chi connectivity index (χ1v) is 9.28. The molecule has 0 spiro atoms. The van der Waals surface area contributed by atoms with Crippen LogP contribution in [0.5, 0.6) is 28.7 Å². The van der Waals surface area contributed by atoms with Crippen molar-refractivity contribution in [2.24, 2.45) is 0 Å². The van der Waals surface area contributed by atoms with Crippen LogP contribution in [0, 0.1) is 0 Å². The molecule has 0 aromatic heterocycles. The molecule has 0 amide bonds. The van der Waals surface area contributed by atoms with Gasteiger partial charge in [-0.05, 0) is 24.3 Å². The van der Waals surface area contributed by atoms with Crippen molar-refractivity contribution in [1.82, 2.24) is 0 Å². The predicted octanol–water partition coefficient (Wildman–Crippen LogP) is -0.702. The van der Waals surface area contributed by atoms with Gasteiger partial charge in [0.2, 0.25) is 17.8 Å². The number of benzene rings is 2. The molecule has 2 aliphatic heterocycles.